The average molecular weight is 458 g/mol. The lowest BCUT2D eigenvalue weighted by Crippen LogP contribution is -1.99. The second kappa shape index (κ2) is 8.59. The van der Waals surface area contributed by atoms with E-state index in [9.17, 15) is 18.1 Å². The van der Waals surface area contributed by atoms with Gasteiger partial charge in [0, 0.05) is 21.1 Å². The van der Waals surface area contributed by atoms with Gasteiger partial charge in [0.15, 0.2) is 5.75 Å². The Labute approximate surface area is 180 Å². The molecule has 0 aliphatic carbocycles. The molecule has 11 heteroatoms. The first-order valence-electron chi connectivity index (χ1n) is 8.70. The molecule has 9 nitrogen and oxygen atoms in total. The Hall–Kier alpha value is -3.06. The standard InChI is InChI=1S/C20H14N2O7S2/c23-20-15-8-4-3-7-14(15)19(31(25,26)27)11-17(20)22-21-16-9-10-18(30-29-28-24)13-6-2-1-5-12(13)16/h1-11,23-24H,(H,25,26,27)/b22-21+. The number of hydrogen-bond acceptors (Lipinski definition) is 9. The minimum atomic E-state index is -4.56. The number of fused-ring (bicyclic) bond motifs is 2. The van der Waals surface area contributed by atoms with Gasteiger partial charge in [-0.1, -0.05) is 53.6 Å². The van der Waals surface area contributed by atoms with E-state index >= 15 is 0 Å². The quantitative estimate of drug-likeness (QED) is 0.108. The summed E-state index contributed by atoms with van der Waals surface area (Å²) in [4.78, 5) is 0.262. The lowest BCUT2D eigenvalue weighted by molar-refractivity contribution is -0.432. The van der Waals surface area contributed by atoms with Crippen molar-refractivity contribution >= 4 is 55.1 Å². The molecule has 4 aromatic rings. The highest BCUT2D eigenvalue weighted by Gasteiger charge is 2.19. The first-order valence-corrected chi connectivity index (χ1v) is 10.9. The van der Waals surface area contributed by atoms with Crippen LogP contribution in [-0.2, 0) is 19.5 Å². The molecule has 0 radical (unpaired) electrons. The highest BCUT2D eigenvalue weighted by Crippen LogP contribution is 2.40. The van der Waals surface area contributed by atoms with Gasteiger partial charge in [-0.2, -0.15) is 8.42 Å². The van der Waals surface area contributed by atoms with E-state index in [1.54, 1.807) is 48.5 Å². The van der Waals surface area contributed by atoms with Gasteiger partial charge >= 0.3 is 0 Å². The average Bonchev–Trinajstić information content (AvgIpc) is 2.77. The third kappa shape index (κ3) is 4.23. The van der Waals surface area contributed by atoms with Gasteiger partial charge < -0.3 is 5.11 Å². The van der Waals surface area contributed by atoms with Crippen molar-refractivity contribution in [3.63, 3.8) is 0 Å². The predicted molar refractivity (Wildman–Crippen MR) is 114 cm³/mol. The highest BCUT2D eigenvalue weighted by atomic mass is 32.2. The molecule has 0 atom stereocenters. The first-order chi connectivity index (χ1) is 14.9. The third-order valence-corrected chi connectivity index (χ3v) is 6.07. The molecule has 0 spiro atoms. The molecule has 0 saturated carbocycles. The van der Waals surface area contributed by atoms with E-state index in [1.165, 1.54) is 12.1 Å². The van der Waals surface area contributed by atoms with Crippen LogP contribution in [0, 0.1) is 0 Å². The Bertz CT molecular complexity index is 1420. The molecule has 0 aliphatic rings. The zero-order valence-corrected chi connectivity index (χ0v) is 17.2. The lowest BCUT2D eigenvalue weighted by atomic mass is 10.1. The fourth-order valence-corrected chi connectivity index (χ4v) is 4.39. The van der Waals surface area contributed by atoms with Crippen LogP contribution in [0.25, 0.3) is 21.5 Å². The van der Waals surface area contributed by atoms with E-state index in [1.807, 2.05) is 0 Å². The molecule has 31 heavy (non-hydrogen) atoms. The molecule has 4 rings (SSSR count). The van der Waals surface area contributed by atoms with Crippen LogP contribution in [0.4, 0.5) is 11.4 Å². The highest BCUT2D eigenvalue weighted by molar-refractivity contribution is 7.94. The molecule has 0 amide bonds. The van der Waals surface area contributed by atoms with E-state index in [0.29, 0.717) is 16.0 Å². The Balaban J connectivity index is 1.84. The van der Waals surface area contributed by atoms with Crippen molar-refractivity contribution in [3.8, 4) is 5.75 Å². The number of benzene rings is 4. The van der Waals surface area contributed by atoms with Gasteiger partial charge in [0.2, 0.25) is 0 Å². The number of hydrogen-bond donors (Lipinski definition) is 3. The van der Waals surface area contributed by atoms with E-state index in [-0.39, 0.29) is 27.1 Å². The van der Waals surface area contributed by atoms with Crippen molar-refractivity contribution < 1.29 is 32.7 Å². The van der Waals surface area contributed by atoms with E-state index in [2.05, 4.69) is 19.6 Å². The predicted octanol–water partition coefficient (Wildman–Crippen LogP) is 5.79. The summed E-state index contributed by atoms with van der Waals surface area (Å²) in [6, 6.07) is 17.8. The van der Waals surface area contributed by atoms with E-state index < -0.39 is 10.1 Å². The maximum atomic E-state index is 11.8. The van der Waals surface area contributed by atoms with Crippen LogP contribution >= 0.6 is 12.0 Å². The summed E-state index contributed by atoms with van der Waals surface area (Å²) in [7, 11) is -4.56. The van der Waals surface area contributed by atoms with Crippen LogP contribution in [0.3, 0.4) is 0 Å². The maximum Gasteiger partial charge on any atom is 0.295 e. The fourth-order valence-electron chi connectivity index (χ4n) is 3.18. The smallest absolute Gasteiger partial charge is 0.295 e. The molecule has 0 saturated heterocycles. The summed E-state index contributed by atoms with van der Waals surface area (Å²) < 4.78 is 37.8. The number of phenols is 1. The minimum Gasteiger partial charge on any atom is -0.505 e. The summed E-state index contributed by atoms with van der Waals surface area (Å²) >= 11 is 0.803. The normalized spacial score (nSPS) is 12.2. The molecule has 0 heterocycles. The molecule has 0 bridgehead atoms. The summed E-state index contributed by atoms with van der Waals surface area (Å²) in [6.07, 6.45) is 0. The minimum absolute atomic E-state index is 0.120. The number of aromatic hydroxyl groups is 1. The number of phenolic OH excluding ortho intramolecular Hbond substituents is 1. The Morgan fingerprint density at radius 1 is 0.806 bits per heavy atom. The third-order valence-electron chi connectivity index (χ3n) is 4.52. The molecule has 3 N–H and O–H groups in total. The van der Waals surface area contributed by atoms with Crippen LogP contribution in [0.2, 0.25) is 0 Å². The van der Waals surface area contributed by atoms with Crippen LogP contribution in [-0.4, -0.2) is 23.3 Å². The molecular weight excluding hydrogens is 444 g/mol. The lowest BCUT2D eigenvalue weighted by Gasteiger charge is -2.09. The van der Waals surface area contributed by atoms with Crippen LogP contribution in [0.1, 0.15) is 0 Å². The summed E-state index contributed by atoms with van der Waals surface area (Å²) in [5.41, 5.74) is 0.316. The van der Waals surface area contributed by atoms with Crippen molar-refractivity contribution in [3.05, 3.63) is 66.7 Å². The SMILES string of the molecule is O=S(=O)(O)c1cc(/N=N/c2ccc(SOOO)c3ccccc23)c(O)c2ccccc12. The number of azo groups is 1. The summed E-state index contributed by atoms with van der Waals surface area (Å²) in [6.45, 7) is 0. The van der Waals surface area contributed by atoms with Gasteiger partial charge in [-0.15, -0.1) is 14.6 Å². The van der Waals surface area contributed by atoms with Gasteiger partial charge in [-0.05, 0) is 23.6 Å². The molecule has 0 aliphatic heterocycles. The van der Waals surface area contributed by atoms with Gasteiger partial charge in [-0.3, -0.25) is 4.55 Å². The summed E-state index contributed by atoms with van der Waals surface area (Å²) in [5.74, 6) is -0.267. The Kier molecular flexibility index (Phi) is 5.87. The van der Waals surface area contributed by atoms with Crippen molar-refractivity contribution in [1.82, 2.24) is 0 Å². The van der Waals surface area contributed by atoms with Gasteiger partial charge in [0.25, 0.3) is 10.1 Å². The van der Waals surface area contributed by atoms with Crippen molar-refractivity contribution in [2.45, 2.75) is 9.79 Å². The number of nitrogens with zero attached hydrogens (tertiary/aromatic N) is 2. The molecule has 0 fully saturated rings. The monoisotopic (exact) mass is 458 g/mol. The van der Waals surface area contributed by atoms with Gasteiger partial charge in [0.1, 0.15) is 10.6 Å². The van der Waals surface area contributed by atoms with Crippen LogP contribution < -0.4 is 0 Å². The van der Waals surface area contributed by atoms with Crippen molar-refractivity contribution in [2.24, 2.45) is 10.2 Å². The van der Waals surface area contributed by atoms with Crippen molar-refractivity contribution in [1.29, 1.82) is 0 Å². The second-order valence-electron chi connectivity index (χ2n) is 6.32. The fraction of sp³-hybridized carbons (Fsp3) is 0. The zero-order chi connectivity index (χ0) is 22.0. The summed E-state index contributed by atoms with van der Waals surface area (Å²) in [5, 5.41) is 32.6. The largest absolute Gasteiger partial charge is 0.505 e. The van der Waals surface area contributed by atoms with E-state index in [0.717, 1.165) is 23.5 Å². The maximum absolute atomic E-state index is 11.8. The van der Waals surface area contributed by atoms with Crippen LogP contribution in [0.15, 0.2) is 86.7 Å². The van der Waals surface area contributed by atoms with Gasteiger partial charge in [-0.25, -0.2) is 5.26 Å². The van der Waals surface area contributed by atoms with Gasteiger partial charge in [0.05, 0.1) is 17.7 Å². The second-order valence-corrected chi connectivity index (χ2v) is 8.45. The molecular formula is C20H14N2O7S2. The van der Waals surface area contributed by atoms with E-state index in [4.69, 9.17) is 5.26 Å². The topological polar surface area (TPSA) is 138 Å². The zero-order valence-electron chi connectivity index (χ0n) is 15.5. The molecule has 4 aromatic carbocycles. The molecule has 0 unspecified atom stereocenters. The first kappa shape index (κ1) is 21.2. The molecule has 158 valence electrons. The molecule has 0 aromatic heterocycles. The number of rotatable bonds is 6. The van der Waals surface area contributed by atoms with Crippen LogP contribution in [0.5, 0.6) is 5.75 Å². The Morgan fingerprint density at radius 3 is 2.10 bits per heavy atom. The van der Waals surface area contributed by atoms with Crippen molar-refractivity contribution in [2.75, 3.05) is 0 Å². The Morgan fingerprint density at radius 2 is 1.42 bits per heavy atom.